The molecular weight excluding hydrogens is 490 g/mol. The fraction of sp³-hybridized carbons (Fsp3) is 0.481. The van der Waals surface area contributed by atoms with Crippen molar-refractivity contribution in [1.82, 2.24) is 20.1 Å². The molecule has 1 amide bonds. The van der Waals surface area contributed by atoms with E-state index < -0.39 is 11.4 Å². The van der Waals surface area contributed by atoms with E-state index in [0.29, 0.717) is 12.8 Å². The van der Waals surface area contributed by atoms with Crippen molar-refractivity contribution in [2.45, 2.75) is 38.8 Å². The van der Waals surface area contributed by atoms with Gasteiger partial charge in [-0.25, -0.2) is 4.98 Å². The second-order valence-corrected chi connectivity index (χ2v) is 11.5. The molecule has 0 radical (unpaired) electrons. The summed E-state index contributed by atoms with van der Waals surface area (Å²) in [7, 11) is 2.29. The molecule has 2 aliphatic rings. The Bertz CT molecular complexity index is 1240. The Balaban J connectivity index is 1.16. The first-order valence-corrected chi connectivity index (χ1v) is 13.7. The Morgan fingerprint density at radius 3 is 2.65 bits per heavy atom. The Morgan fingerprint density at radius 1 is 1.22 bits per heavy atom. The van der Waals surface area contributed by atoms with Gasteiger partial charge in [0, 0.05) is 30.1 Å². The Hall–Kier alpha value is -3.08. The number of carboxylic acid groups (broad SMARTS) is 1. The number of quaternary nitrogens is 1. The van der Waals surface area contributed by atoms with Crippen LogP contribution >= 0.6 is 11.3 Å². The fourth-order valence-corrected chi connectivity index (χ4v) is 6.20. The lowest BCUT2D eigenvalue weighted by molar-refractivity contribution is -0.917. The van der Waals surface area contributed by atoms with Crippen LogP contribution in [-0.2, 0) is 40.3 Å². The number of ether oxygens (including phenoxy) is 1. The zero-order valence-electron chi connectivity index (χ0n) is 21.2. The van der Waals surface area contributed by atoms with Crippen molar-refractivity contribution in [2.24, 2.45) is 5.41 Å². The number of hydrogen-bond donors (Lipinski definition) is 2. The zero-order chi connectivity index (χ0) is 25.9. The molecule has 1 aliphatic carbocycles. The first kappa shape index (κ1) is 25.6. The normalized spacial score (nSPS) is 17.9. The number of aromatic nitrogens is 3. The molecule has 5 rings (SSSR count). The maximum atomic E-state index is 13.2. The third-order valence-electron chi connectivity index (χ3n) is 7.66. The van der Waals surface area contributed by atoms with Crippen LogP contribution in [0.5, 0.6) is 0 Å². The van der Waals surface area contributed by atoms with E-state index in [2.05, 4.69) is 17.5 Å². The predicted molar refractivity (Wildman–Crippen MR) is 140 cm³/mol. The van der Waals surface area contributed by atoms with Crippen LogP contribution in [0.1, 0.15) is 29.0 Å². The molecule has 1 fully saturated rings. The van der Waals surface area contributed by atoms with Crippen LogP contribution in [0.15, 0.2) is 42.0 Å². The molecule has 0 unspecified atom stereocenters. The van der Waals surface area contributed by atoms with E-state index >= 15 is 0 Å². The summed E-state index contributed by atoms with van der Waals surface area (Å²) in [6.45, 7) is 6.03. The number of likely N-dealkylation sites (N-methyl/N-ethyl adjacent to an activating group) is 1. The highest BCUT2D eigenvalue weighted by molar-refractivity contribution is 7.09. The van der Waals surface area contributed by atoms with Gasteiger partial charge in [-0.05, 0) is 24.0 Å². The van der Waals surface area contributed by atoms with Gasteiger partial charge in [-0.15, -0.1) is 11.3 Å². The zero-order valence-corrected chi connectivity index (χ0v) is 22.0. The van der Waals surface area contributed by atoms with Crippen LogP contribution in [0.2, 0.25) is 0 Å². The molecule has 0 spiro atoms. The van der Waals surface area contributed by atoms with Gasteiger partial charge in [0.2, 0.25) is 5.91 Å². The molecular formula is C27H34N5O4S+. The molecule has 0 saturated carbocycles. The van der Waals surface area contributed by atoms with E-state index in [1.807, 2.05) is 46.7 Å². The monoisotopic (exact) mass is 524 g/mol. The summed E-state index contributed by atoms with van der Waals surface area (Å²) < 4.78 is 8.51. The standard InChI is InChI=1S/C27H33N5O4S/c1-32(9-11-36-12-10-32)8-4-7-31-18-22(16-29-31)23-19-37-24(30-23)17-28-26(35)27(15-25(33)34)13-20-5-2-3-6-21(20)14-27/h2-3,5-6,16,18-19H,4,7-15,17H2,1H3,(H-,28,33,34,35)/p+1. The minimum absolute atomic E-state index is 0.193. The number of benzene rings is 1. The van der Waals surface area contributed by atoms with E-state index in [9.17, 15) is 14.7 Å². The van der Waals surface area contributed by atoms with Crippen LogP contribution in [0.25, 0.3) is 11.3 Å². The highest BCUT2D eigenvalue weighted by Gasteiger charge is 2.45. The molecule has 3 aromatic rings. The molecule has 9 nitrogen and oxygen atoms in total. The minimum Gasteiger partial charge on any atom is -0.481 e. The molecule has 10 heteroatoms. The van der Waals surface area contributed by atoms with Crippen LogP contribution in [0, 0.1) is 5.41 Å². The maximum Gasteiger partial charge on any atom is 0.304 e. The van der Waals surface area contributed by atoms with Gasteiger partial charge in [0.15, 0.2) is 0 Å². The first-order chi connectivity index (χ1) is 17.8. The Labute approximate surface area is 220 Å². The summed E-state index contributed by atoms with van der Waals surface area (Å²) in [5.74, 6) is -1.19. The minimum atomic E-state index is -0.961. The van der Waals surface area contributed by atoms with Crippen molar-refractivity contribution in [1.29, 1.82) is 0 Å². The van der Waals surface area contributed by atoms with E-state index in [1.165, 1.54) is 11.3 Å². The number of morpholine rings is 1. The molecule has 1 aliphatic heterocycles. The number of aryl methyl sites for hydroxylation is 1. The number of nitrogens with zero attached hydrogens (tertiary/aromatic N) is 4. The van der Waals surface area contributed by atoms with Crippen LogP contribution in [0.3, 0.4) is 0 Å². The second kappa shape index (κ2) is 10.7. The molecule has 2 N–H and O–H groups in total. The highest BCUT2D eigenvalue weighted by atomic mass is 32.1. The quantitative estimate of drug-likeness (QED) is 0.395. The van der Waals surface area contributed by atoms with E-state index in [1.54, 1.807) is 0 Å². The number of carbonyl (C=O) groups is 2. The van der Waals surface area contributed by atoms with Crippen molar-refractivity contribution in [3.63, 3.8) is 0 Å². The van der Waals surface area contributed by atoms with E-state index in [4.69, 9.17) is 9.72 Å². The molecule has 2 aromatic heterocycles. The lowest BCUT2D eigenvalue weighted by atomic mass is 9.80. The number of aliphatic carboxylic acids is 1. The summed E-state index contributed by atoms with van der Waals surface area (Å²) in [4.78, 5) is 29.6. The lowest BCUT2D eigenvalue weighted by Gasteiger charge is -2.37. The van der Waals surface area contributed by atoms with Gasteiger partial charge in [0.1, 0.15) is 18.1 Å². The summed E-state index contributed by atoms with van der Waals surface area (Å²) in [5, 5.41) is 19.7. The van der Waals surface area contributed by atoms with Gasteiger partial charge >= 0.3 is 5.97 Å². The summed E-state index contributed by atoms with van der Waals surface area (Å²) in [6, 6.07) is 7.81. The van der Waals surface area contributed by atoms with Crippen LogP contribution in [-0.4, -0.2) is 76.1 Å². The van der Waals surface area contributed by atoms with Gasteiger partial charge in [-0.2, -0.15) is 5.10 Å². The third kappa shape index (κ3) is 5.92. The van der Waals surface area contributed by atoms with Crippen molar-refractivity contribution in [3.8, 4) is 11.3 Å². The number of nitrogens with one attached hydrogen (secondary N) is 1. The van der Waals surface area contributed by atoms with E-state index in [0.717, 1.165) is 77.7 Å². The van der Waals surface area contributed by atoms with Crippen molar-refractivity contribution >= 4 is 23.2 Å². The van der Waals surface area contributed by atoms with Gasteiger partial charge in [-0.1, -0.05) is 24.3 Å². The average Bonchev–Trinajstić information content (AvgIpc) is 3.61. The maximum absolute atomic E-state index is 13.2. The molecule has 0 atom stereocenters. The number of thiazole rings is 1. The summed E-state index contributed by atoms with van der Waals surface area (Å²) >= 11 is 1.48. The first-order valence-electron chi connectivity index (χ1n) is 12.8. The lowest BCUT2D eigenvalue weighted by Crippen LogP contribution is -2.52. The smallest absolute Gasteiger partial charge is 0.304 e. The highest BCUT2D eigenvalue weighted by Crippen LogP contribution is 2.40. The van der Waals surface area contributed by atoms with Crippen LogP contribution < -0.4 is 5.32 Å². The van der Waals surface area contributed by atoms with E-state index in [-0.39, 0.29) is 18.9 Å². The van der Waals surface area contributed by atoms with Gasteiger partial charge in [0.25, 0.3) is 0 Å². The number of carbonyl (C=O) groups excluding carboxylic acids is 1. The van der Waals surface area contributed by atoms with Crippen molar-refractivity contribution in [3.05, 3.63) is 58.2 Å². The second-order valence-electron chi connectivity index (χ2n) is 10.5. The number of rotatable bonds is 10. The number of fused-ring (bicyclic) bond motifs is 1. The molecule has 3 heterocycles. The van der Waals surface area contributed by atoms with Crippen molar-refractivity contribution < 1.29 is 23.9 Å². The molecule has 196 valence electrons. The molecule has 1 aromatic carbocycles. The molecule has 0 bridgehead atoms. The topological polar surface area (TPSA) is 106 Å². The Kier molecular flexibility index (Phi) is 7.41. The largest absolute Gasteiger partial charge is 0.481 e. The number of carboxylic acids is 1. The average molecular weight is 525 g/mol. The fourth-order valence-electron chi connectivity index (χ4n) is 5.46. The van der Waals surface area contributed by atoms with Gasteiger partial charge in [0.05, 0.1) is 57.1 Å². The summed E-state index contributed by atoms with van der Waals surface area (Å²) in [6.07, 6.45) is 5.59. The number of amides is 1. The SMILES string of the molecule is C[N+]1(CCCn2cc(-c3csc(CNC(=O)C4(CC(=O)O)Cc5ccccc5C4)n3)cn2)CCOCC1. The van der Waals surface area contributed by atoms with Crippen molar-refractivity contribution in [2.75, 3.05) is 39.9 Å². The summed E-state index contributed by atoms with van der Waals surface area (Å²) in [5.41, 5.74) is 2.92. The van der Waals surface area contributed by atoms with Gasteiger partial charge in [-0.3, -0.25) is 14.3 Å². The Morgan fingerprint density at radius 2 is 1.95 bits per heavy atom. The third-order valence-corrected chi connectivity index (χ3v) is 8.51. The van der Waals surface area contributed by atoms with Crippen LogP contribution in [0.4, 0.5) is 0 Å². The number of hydrogen-bond acceptors (Lipinski definition) is 6. The van der Waals surface area contributed by atoms with Gasteiger partial charge < -0.3 is 19.6 Å². The predicted octanol–water partition coefficient (Wildman–Crippen LogP) is 2.75. The molecule has 1 saturated heterocycles. The molecule has 37 heavy (non-hydrogen) atoms.